The summed E-state index contributed by atoms with van der Waals surface area (Å²) in [5, 5.41) is 22.3. The number of aryl methyl sites for hydroxylation is 1. The first-order valence-corrected chi connectivity index (χ1v) is 12.7. The van der Waals surface area contributed by atoms with Gasteiger partial charge in [-0.25, -0.2) is 13.9 Å². The molecule has 4 rings (SSSR count). The molecule has 1 aromatic carbocycles. The SMILES string of the molecule is CCOC(=O)N1CCN(C(=O)C(C)n2cc(NC(=O)c3ccn(COc4cc(F)ccc4[N+](=O)[O-])n3)c(C)n2)CC1. The van der Waals surface area contributed by atoms with Gasteiger partial charge in [-0.3, -0.25) is 24.4 Å². The molecule has 3 heterocycles. The van der Waals surface area contributed by atoms with Gasteiger partial charge in [0.2, 0.25) is 11.7 Å². The largest absolute Gasteiger partial charge is 0.464 e. The van der Waals surface area contributed by atoms with E-state index >= 15 is 0 Å². The molecule has 0 aliphatic carbocycles. The van der Waals surface area contributed by atoms with E-state index in [2.05, 4.69) is 15.5 Å². The first-order valence-electron chi connectivity index (χ1n) is 12.7. The number of nitro benzene ring substituents is 1. The number of benzene rings is 1. The standard InChI is InChI=1S/C25H29FN8O7/c1-4-40-25(37)31-11-9-30(10-12-31)24(36)17(3)33-14-20(16(2)28-33)27-23(35)19-7-8-32(29-19)15-41-22-13-18(26)5-6-21(22)34(38)39/h5-8,13-14,17H,4,9-12,15H2,1-3H3,(H,27,35). The third-order valence-corrected chi connectivity index (χ3v) is 6.38. The molecular formula is C25H29FN8O7. The minimum absolute atomic E-state index is 0.0260. The number of ether oxygens (including phenoxy) is 2. The lowest BCUT2D eigenvalue weighted by Gasteiger charge is -2.35. The maximum absolute atomic E-state index is 13.5. The van der Waals surface area contributed by atoms with Gasteiger partial charge in [-0.2, -0.15) is 10.2 Å². The van der Waals surface area contributed by atoms with Gasteiger partial charge < -0.3 is 24.6 Å². The number of nitrogens with zero attached hydrogens (tertiary/aromatic N) is 7. The zero-order valence-electron chi connectivity index (χ0n) is 22.7. The van der Waals surface area contributed by atoms with E-state index in [0.29, 0.717) is 37.6 Å². The third kappa shape index (κ3) is 6.77. The maximum atomic E-state index is 13.5. The Morgan fingerprint density at radius 3 is 2.54 bits per heavy atom. The fourth-order valence-electron chi connectivity index (χ4n) is 4.14. The van der Waals surface area contributed by atoms with Crippen molar-refractivity contribution in [2.45, 2.75) is 33.5 Å². The summed E-state index contributed by atoms with van der Waals surface area (Å²) in [6, 6.07) is 3.61. The number of carbonyl (C=O) groups excluding carboxylic acids is 3. The van der Waals surface area contributed by atoms with Crippen molar-refractivity contribution in [3.8, 4) is 5.75 Å². The summed E-state index contributed by atoms with van der Waals surface area (Å²) >= 11 is 0. The number of anilines is 1. The van der Waals surface area contributed by atoms with Crippen LogP contribution >= 0.6 is 0 Å². The molecule has 0 spiro atoms. The molecule has 15 nitrogen and oxygen atoms in total. The topological polar surface area (TPSA) is 167 Å². The predicted molar refractivity (Wildman–Crippen MR) is 141 cm³/mol. The molecule has 0 radical (unpaired) electrons. The highest BCUT2D eigenvalue weighted by Gasteiger charge is 2.29. The third-order valence-electron chi connectivity index (χ3n) is 6.38. The highest BCUT2D eigenvalue weighted by molar-refractivity contribution is 6.03. The summed E-state index contributed by atoms with van der Waals surface area (Å²) in [5.41, 5.74) is 0.475. The number of aromatic nitrogens is 4. The number of nitrogens with one attached hydrogen (secondary N) is 1. The highest BCUT2D eigenvalue weighted by atomic mass is 19.1. The lowest BCUT2D eigenvalue weighted by atomic mass is 10.2. The summed E-state index contributed by atoms with van der Waals surface area (Å²) in [7, 11) is 0. The highest BCUT2D eigenvalue weighted by Crippen LogP contribution is 2.27. The molecule has 41 heavy (non-hydrogen) atoms. The Balaban J connectivity index is 1.34. The van der Waals surface area contributed by atoms with Gasteiger partial charge in [0.25, 0.3) is 5.91 Å². The van der Waals surface area contributed by atoms with Gasteiger partial charge >= 0.3 is 11.8 Å². The second-order valence-corrected chi connectivity index (χ2v) is 9.13. The lowest BCUT2D eigenvalue weighted by molar-refractivity contribution is -0.386. The minimum atomic E-state index is -0.699. The summed E-state index contributed by atoms with van der Waals surface area (Å²) in [6.07, 6.45) is 2.58. The van der Waals surface area contributed by atoms with Crippen molar-refractivity contribution in [2.24, 2.45) is 0 Å². The number of carbonyl (C=O) groups is 3. The minimum Gasteiger partial charge on any atom is -0.464 e. The van der Waals surface area contributed by atoms with Crippen molar-refractivity contribution in [1.29, 1.82) is 0 Å². The van der Waals surface area contributed by atoms with Crippen molar-refractivity contribution in [1.82, 2.24) is 29.4 Å². The summed E-state index contributed by atoms with van der Waals surface area (Å²) in [4.78, 5) is 51.4. The lowest BCUT2D eigenvalue weighted by Crippen LogP contribution is -2.52. The molecule has 1 N–H and O–H groups in total. The summed E-state index contributed by atoms with van der Waals surface area (Å²) < 4.78 is 26.6. The fraction of sp³-hybridized carbons (Fsp3) is 0.400. The number of halogens is 1. The van der Waals surface area contributed by atoms with Gasteiger partial charge in [-0.15, -0.1) is 0 Å². The summed E-state index contributed by atoms with van der Waals surface area (Å²) in [6.45, 7) is 6.56. The van der Waals surface area contributed by atoms with E-state index in [-0.39, 0.29) is 30.7 Å². The Kier molecular flexibility index (Phi) is 8.79. The smallest absolute Gasteiger partial charge is 0.409 e. The average molecular weight is 573 g/mol. The predicted octanol–water partition coefficient (Wildman–Crippen LogP) is 2.59. The molecule has 1 saturated heterocycles. The number of nitro groups is 1. The van der Waals surface area contributed by atoms with Crippen molar-refractivity contribution in [3.63, 3.8) is 0 Å². The van der Waals surface area contributed by atoms with Gasteiger partial charge in [0, 0.05) is 50.7 Å². The van der Waals surface area contributed by atoms with E-state index in [1.807, 2.05) is 0 Å². The summed E-state index contributed by atoms with van der Waals surface area (Å²) in [5.74, 6) is -1.71. The zero-order valence-corrected chi connectivity index (χ0v) is 22.7. The van der Waals surface area contributed by atoms with E-state index in [1.165, 1.54) is 21.6 Å². The van der Waals surface area contributed by atoms with Crippen LogP contribution < -0.4 is 10.1 Å². The second-order valence-electron chi connectivity index (χ2n) is 9.13. The molecule has 2 aromatic heterocycles. The van der Waals surface area contributed by atoms with Crippen LogP contribution in [0.2, 0.25) is 0 Å². The molecule has 0 bridgehead atoms. The van der Waals surface area contributed by atoms with Gasteiger partial charge in [0.1, 0.15) is 11.9 Å². The number of rotatable bonds is 9. The number of piperazine rings is 1. The first kappa shape index (κ1) is 29.0. The van der Waals surface area contributed by atoms with Gasteiger partial charge in [0.15, 0.2) is 12.4 Å². The van der Waals surface area contributed by atoms with E-state index in [4.69, 9.17) is 9.47 Å². The molecule has 3 aromatic rings. The molecule has 1 atom stereocenters. The average Bonchev–Trinajstić information content (AvgIpc) is 3.58. The van der Waals surface area contributed by atoms with Crippen LogP contribution in [-0.4, -0.2) is 85.0 Å². The molecule has 3 amide bonds. The van der Waals surface area contributed by atoms with E-state index in [0.717, 1.165) is 18.2 Å². The molecule has 0 saturated carbocycles. The Morgan fingerprint density at radius 1 is 1.15 bits per heavy atom. The van der Waals surface area contributed by atoms with Crippen LogP contribution in [0.3, 0.4) is 0 Å². The second kappa shape index (κ2) is 12.4. The molecule has 218 valence electrons. The zero-order chi connectivity index (χ0) is 29.7. The normalized spacial score (nSPS) is 14.0. The fourth-order valence-corrected chi connectivity index (χ4v) is 4.14. The van der Waals surface area contributed by atoms with Crippen LogP contribution in [0.4, 0.5) is 20.6 Å². The molecule has 1 fully saturated rings. The molecular weight excluding hydrogens is 543 g/mol. The monoisotopic (exact) mass is 572 g/mol. The number of hydrogen-bond acceptors (Lipinski definition) is 9. The first-order chi connectivity index (χ1) is 19.6. The van der Waals surface area contributed by atoms with Gasteiger partial charge in [0.05, 0.1) is 22.9 Å². The Morgan fingerprint density at radius 2 is 1.85 bits per heavy atom. The van der Waals surface area contributed by atoms with Crippen LogP contribution in [0.15, 0.2) is 36.7 Å². The number of amides is 3. The van der Waals surface area contributed by atoms with Crippen LogP contribution in [-0.2, 0) is 16.3 Å². The van der Waals surface area contributed by atoms with Crippen molar-refractivity contribution < 1.29 is 33.2 Å². The van der Waals surface area contributed by atoms with Gasteiger partial charge in [-0.05, 0) is 32.9 Å². The van der Waals surface area contributed by atoms with Crippen LogP contribution in [0.1, 0.15) is 36.1 Å². The van der Waals surface area contributed by atoms with Crippen molar-refractivity contribution in [3.05, 3.63) is 64.0 Å². The quantitative estimate of drug-likeness (QED) is 0.299. The van der Waals surface area contributed by atoms with Crippen LogP contribution in [0, 0.1) is 22.9 Å². The number of hydrogen-bond donors (Lipinski definition) is 1. The molecule has 16 heteroatoms. The van der Waals surface area contributed by atoms with Crippen LogP contribution in [0.25, 0.3) is 0 Å². The van der Waals surface area contributed by atoms with Crippen LogP contribution in [0.5, 0.6) is 5.75 Å². The molecule has 1 aliphatic heterocycles. The van der Waals surface area contributed by atoms with E-state index < -0.39 is 34.5 Å². The van der Waals surface area contributed by atoms with E-state index in [9.17, 15) is 28.9 Å². The van der Waals surface area contributed by atoms with Crippen molar-refractivity contribution in [2.75, 3.05) is 38.1 Å². The van der Waals surface area contributed by atoms with E-state index in [1.54, 1.807) is 36.8 Å². The maximum Gasteiger partial charge on any atom is 0.409 e. The molecule has 1 aliphatic rings. The Labute approximate surface area is 233 Å². The van der Waals surface area contributed by atoms with Crippen molar-refractivity contribution >= 4 is 29.3 Å². The molecule has 1 unspecified atom stereocenters. The Hall–Kier alpha value is -5.02. The van der Waals surface area contributed by atoms with Gasteiger partial charge in [-0.1, -0.05) is 0 Å². The Bertz CT molecular complexity index is 1450.